The van der Waals surface area contributed by atoms with Gasteiger partial charge in [0.1, 0.15) is 18.8 Å². The number of benzene rings is 1. The summed E-state index contributed by atoms with van der Waals surface area (Å²) in [6.07, 6.45) is 5.36. The van der Waals surface area contributed by atoms with Crippen LogP contribution in [0, 0.1) is 0 Å². The highest BCUT2D eigenvalue weighted by Crippen LogP contribution is 2.27. The molecule has 0 fully saturated rings. The summed E-state index contributed by atoms with van der Waals surface area (Å²) in [6.45, 7) is 4.49. The first-order valence-corrected chi connectivity index (χ1v) is 9.07. The van der Waals surface area contributed by atoms with E-state index in [1.54, 1.807) is 0 Å². The molecule has 0 amide bonds. The Kier molecular flexibility index (Phi) is 4.94. The summed E-state index contributed by atoms with van der Waals surface area (Å²) in [5.41, 5.74) is 4.00. The van der Waals surface area contributed by atoms with Gasteiger partial charge >= 0.3 is 0 Å². The van der Waals surface area contributed by atoms with Gasteiger partial charge in [0.05, 0.1) is 6.42 Å². The molecular formula is C19H24NOS+. The molecule has 1 N–H and O–H groups in total. The Labute approximate surface area is 136 Å². The highest BCUT2D eigenvalue weighted by atomic mass is 32.1. The smallest absolute Gasteiger partial charge is 0.157 e. The van der Waals surface area contributed by atoms with Crippen LogP contribution in [0.4, 0.5) is 0 Å². The molecule has 0 aliphatic heterocycles. The Morgan fingerprint density at radius 2 is 2.05 bits per heavy atom. The molecule has 0 bridgehead atoms. The lowest BCUT2D eigenvalue weighted by Crippen LogP contribution is -2.29. The molecule has 0 saturated carbocycles. The van der Waals surface area contributed by atoms with Crippen LogP contribution in [-0.2, 0) is 19.3 Å². The molecule has 2 nitrogen and oxygen atoms in total. The third-order valence-corrected chi connectivity index (χ3v) is 5.39. The number of thiophene rings is 1. The third-order valence-electron chi connectivity index (χ3n) is 4.46. The lowest BCUT2D eigenvalue weighted by Gasteiger charge is -2.19. The van der Waals surface area contributed by atoms with E-state index in [0.29, 0.717) is 5.75 Å². The number of aromatic hydroxyl groups is 1. The quantitative estimate of drug-likeness (QED) is 0.827. The van der Waals surface area contributed by atoms with Gasteiger partial charge < -0.3 is 5.11 Å². The molecule has 3 heteroatoms. The second-order valence-electron chi connectivity index (χ2n) is 5.97. The molecule has 0 spiro atoms. The van der Waals surface area contributed by atoms with Gasteiger partial charge in [-0.3, -0.25) is 0 Å². The number of phenols is 1. The normalized spacial score (nSPS) is 16.4. The van der Waals surface area contributed by atoms with E-state index in [1.165, 1.54) is 22.6 Å². The van der Waals surface area contributed by atoms with Gasteiger partial charge in [-0.1, -0.05) is 25.1 Å². The van der Waals surface area contributed by atoms with E-state index in [1.807, 2.05) is 23.5 Å². The maximum absolute atomic E-state index is 9.99. The SMILES string of the molecule is CCC[N+](CCc1cccs1)=C1CCc2c(O)cccc2C1. The molecule has 0 radical (unpaired) electrons. The van der Waals surface area contributed by atoms with E-state index in [2.05, 4.69) is 35.1 Å². The van der Waals surface area contributed by atoms with Crippen molar-refractivity contribution < 1.29 is 9.68 Å². The summed E-state index contributed by atoms with van der Waals surface area (Å²) < 4.78 is 2.58. The monoisotopic (exact) mass is 314 g/mol. The van der Waals surface area contributed by atoms with Gasteiger partial charge in [0.15, 0.2) is 5.71 Å². The summed E-state index contributed by atoms with van der Waals surface area (Å²) in [4.78, 5) is 1.47. The fourth-order valence-corrected chi connectivity index (χ4v) is 4.02. The van der Waals surface area contributed by atoms with Crippen LogP contribution < -0.4 is 0 Å². The summed E-state index contributed by atoms with van der Waals surface area (Å²) in [6, 6.07) is 10.3. The Morgan fingerprint density at radius 1 is 1.14 bits per heavy atom. The van der Waals surface area contributed by atoms with Gasteiger partial charge in [0.2, 0.25) is 0 Å². The van der Waals surface area contributed by atoms with Gasteiger partial charge in [-0.05, 0) is 35.1 Å². The summed E-state index contributed by atoms with van der Waals surface area (Å²) in [5, 5.41) is 12.2. The average Bonchev–Trinajstić information content (AvgIpc) is 3.05. The molecule has 0 unspecified atom stereocenters. The summed E-state index contributed by atoms with van der Waals surface area (Å²) >= 11 is 1.85. The van der Waals surface area contributed by atoms with Crippen molar-refractivity contribution in [2.45, 2.75) is 39.0 Å². The number of hydrogen-bond donors (Lipinski definition) is 1. The highest BCUT2D eigenvalue weighted by Gasteiger charge is 2.23. The van der Waals surface area contributed by atoms with Crippen molar-refractivity contribution >= 4 is 17.0 Å². The number of nitrogens with zero attached hydrogens (tertiary/aromatic N) is 1. The molecule has 22 heavy (non-hydrogen) atoms. The molecule has 1 heterocycles. The van der Waals surface area contributed by atoms with E-state index < -0.39 is 0 Å². The average molecular weight is 314 g/mol. The Bertz CT molecular complexity index is 658. The van der Waals surface area contributed by atoms with Crippen molar-refractivity contribution in [3.8, 4) is 5.75 Å². The molecular weight excluding hydrogens is 290 g/mol. The molecule has 0 atom stereocenters. The molecule has 2 aromatic rings. The van der Waals surface area contributed by atoms with Crippen molar-refractivity contribution in [2.75, 3.05) is 13.1 Å². The molecule has 0 saturated heterocycles. The van der Waals surface area contributed by atoms with Gasteiger partial charge in [-0.15, -0.1) is 11.3 Å². The fraction of sp³-hybridized carbons (Fsp3) is 0.421. The lowest BCUT2D eigenvalue weighted by molar-refractivity contribution is -0.529. The van der Waals surface area contributed by atoms with E-state index >= 15 is 0 Å². The zero-order valence-corrected chi connectivity index (χ0v) is 14.0. The van der Waals surface area contributed by atoms with Crippen molar-refractivity contribution in [3.05, 3.63) is 51.7 Å². The largest absolute Gasteiger partial charge is 0.508 e. The van der Waals surface area contributed by atoms with Gasteiger partial charge in [-0.25, -0.2) is 4.58 Å². The minimum atomic E-state index is 0.470. The minimum absolute atomic E-state index is 0.470. The topological polar surface area (TPSA) is 23.2 Å². The van der Waals surface area contributed by atoms with Crippen molar-refractivity contribution in [1.82, 2.24) is 0 Å². The standard InChI is InChI=1S/C19H23NOS/c1-2-11-20(12-10-17-6-4-13-22-17)16-8-9-18-15(14-16)5-3-7-19(18)21/h3-7,13H,2,8-12,14H2,1H3/p+1. The zero-order chi connectivity index (χ0) is 15.4. The second-order valence-corrected chi connectivity index (χ2v) is 7.01. The molecule has 1 aliphatic rings. The minimum Gasteiger partial charge on any atom is -0.508 e. The van der Waals surface area contributed by atoms with Crippen molar-refractivity contribution in [3.63, 3.8) is 0 Å². The van der Waals surface area contributed by atoms with E-state index in [-0.39, 0.29) is 0 Å². The third kappa shape index (κ3) is 3.41. The Hall–Kier alpha value is -1.61. The molecule has 3 rings (SSSR count). The van der Waals surface area contributed by atoms with Crippen molar-refractivity contribution in [1.29, 1.82) is 0 Å². The van der Waals surface area contributed by atoms with Gasteiger partial charge in [0.25, 0.3) is 0 Å². The number of phenolic OH excluding ortho intramolecular Hbond substituents is 1. The first-order valence-electron chi connectivity index (χ1n) is 8.19. The van der Waals surface area contributed by atoms with Crippen LogP contribution in [-0.4, -0.2) is 28.5 Å². The Balaban J connectivity index is 1.79. The lowest BCUT2D eigenvalue weighted by atomic mass is 9.89. The predicted molar refractivity (Wildman–Crippen MR) is 93.4 cm³/mol. The number of rotatable bonds is 5. The van der Waals surface area contributed by atoms with Crippen LogP contribution in [0.5, 0.6) is 5.75 Å². The molecule has 1 aromatic heterocycles. The van der Waals surface area contributed by atoms with Gasteiger partial charge in [0, 0.05) is 24.1 Å². The van der Waals surface area contributed by atoms with E-state index in [9.17, 15) is 5.11 Å². The van der Waals surface area contributed by atoms with Gasteiger partial charge in [-0.2, -0.15) is 0 Å². The summed E-state index contributed by atoms with van der Waals surface area (Å²) in [5.74, 6) is 0.470. The zero-order valence-electron chi connectivity index (χ0n) is 13.2. The summed E-state index contributed by atoms with van der Waals surface area (Å²) in [7, 11) is 0. The van der Waals surface area contributed by atoms with Crippen LogP contribution >= 0.6 is 11.3 Å². The van der Waals surface area contributed by atoms with Crippen LogP contribution in [0.25, 0.3) is 0 Å². The number of hydrogen-bond acceptors (Lipinski definition) is 2. The van der Waals surface area contributed by atoms with Crippen molar-refractivity contribution in [2.24, 2.45) is 0 Å². The maximum Gasteiger partial charge on any atom is 0.157 e. The number of fused-ring (bicyclic) bond motifs is 1. The highest BCUT2D eigenvalue weighted by molar-refractivity contribution is 7.09. The predicted octanol–water partition coefficient (Wildman–Crippen LogP) is 4.05. The molecule has 1 aliphatic carbocycles. The molecule has 116 valence electrons. The van der Waals surface area contributed by atoms with Crippen LogP contribution in [0.1, 0.15) is 35.8 Å². The molecule has 1 aromatic carbocycles. The van der Waals surface area contributed by atoms with E-state index in [0.717, 1.165) is 44.3 Å². The van der Waals surface area contributed by atoms with E-state index in [4.69, 9.17) is 0 Å². The first-order chi connectivity index (χ1) is 10.8. The van der Waals surface area contributed by atoms with Crippen LogP contribution in [0.3, 0.4) is 0 Å². The maximum atomic E-state index is 9.99. The Morgan fingerprint density at radius 3 is 2.82 bits per heavy atom. The second kappa shape index (κ2) is 7.10. The first kappa shape index (κ1) is 15.3. The van der Waals surface area contributed by atoms with Crippen LogP contribution in [0.2, 0.25) is 0 Å². The fourth-order valence-electron chi connectivity index (χ4n) is 3.32. The van der Waals surface area contributed by atoms with Crippen LogP contribution in [0.15, 0.2) is 35.7 Å².